The largest absolute Gasteiger partial charge is 0.416 e. The number of rotatable bonds is 3. The van der Waals surface area contributed by atoms with Crippen LogP contribution in [0.3, 0.4) is 0 Å². The van der Waals surface area contributed by atoms with Crippen LogP contribution in [0.5, 0.6) is 0 Å². The molecular formula is C20H19F3N4OS. The fraction of sp³-hybridized carbons (Fsp3) is 0.350. The van der Waals surface area contributed by atoms with E-state index in [1.807, 2.05) is 6.92 Å². The van der Waals surface area contributed by atoms with E-state index in [9.17, 15) is 18.0 Å². The molecule has 5 nitrogen and oxygen atoms in total. The van der Waals surface area contributed by atoms with Crippen molar-refractivity contribution in [3.63, 3.8) is 0 Å². The lowest BCUT2D eigenvalue weighted by atomic mass is 10.1. The first-order valence-electron chi connectivity index (χ1n) is 9.32. The third-order valence-corrected chi connectivity index (χ3v) is 6.24. The minimum Gasteiger partial charge on any atom is -0.356 e. The summed E-state index contributed by atoms with van der Waals surface area (Å²) in [4.78, 5) is 25.0. The standard InChI is InChI=1S/C20H19F3N4OS/c1-12-15-17(27-9-3-2-4-10-27)24-11-25-19(15)29-16(12)18(28)26-14-7-5-13(6-8-14)20(21,22)23/h5-8,11H,2-4,9-10H2,1H3,(H,26,28). The Hall–Kier alpha value is -2.68. The van der Waals surface area contributed by atoms with Gasteiger partial charge in [0.05, 0.1) is 15.8 Å². The number of carbonyl (C=O) groups is 1. The van der Waals surface area contributed by atoms with Crippen LogP contribution in [0.4, 0.5) is 24.7 Å². The van der Waals surface area contributed by atoms with Crippen molar-refractivity contribution in [1.82, 2.24) is 9.97 Å². The van der Waals surface area contributed by atoms with Gasteiger partial charge in [0.2, 0.25) is 0 Å². The number of thiophene rings is 1. The summed E-state index contributed by atoms with van der Waals surface area (Å²) in [6.45, 7) is 3.71. The predicted octanol–water partition coefficient (Wildman–Crippen LogP) is 5.26. The molecule has 1 N–H and O–H groups in total. The predicted molar refractivity (Wildman–Crippen MR) is 108 cm³/mol. The van der Waals surface area contributed by atoms with Crippen molar-refractivity contribution in [1.29, 1.82) is 0 Å². The van der Waals surface area contributed by atoms with Crippen molar-refractivity contribution in [2.45, 2.75) is 32.4 Å². The lowest BCUT2D eigenvalue weighted by molar-refractivity contribution is -0.137. The van der Waals surface area contributed by atoms with Gasteiger partial charge in [0.1, 0.15) is 17.0 Å². The molecule has 0 radical (unpaired) electrons. The smallest absolute Gasteiger partial charge is 0.356 e. The van der Waals surface area contributed by atoms with Crippen LogP contribution in [0.15, 0.2) is 30.6 Å². The lowest BCUT2D eigenvalue weighted by Gasteiger charge is -2.28. The fourth-order valence-corrected chi connectivity index (χ4v) is 4.58. The van der Waals surface area contributed by atoms with Crippen molar-refractivity contribution < 1.29 is 18.0 Å². The molecule has 1 amide bonds. The molecule has 4 rings (SSSR count). The van der Waals surface area contributed by atoms with Crippen molar-refractivity contribution in [2.24, 2.45) is 0 Å². The zero-order valence-corrected chi connectivity index (χ0v) is 16.5. The maximum Gasteiger partial charge on any atom is 0.416 e. The summed E-state index contributed by atoms with van der Waals surface area (Å²) in [6.07, 6.45) is 0.522. The molecule has 0 atom stereocenters. The number of carbonyl (C=O) groups excluding carboxylic acids is 1. The number of aryl methyl sites for hydroxylation is 1. The van der Waals surface area contributed by atoms with E-state index in [2.05, 4.69) is 20.2 Å². The summed E-state index contributed by atoms with van der Waals surface area (Å²) in [5, 5.41) is 3.55. The Kier molecular flexibility index (Phi) is 5.16. The zero-order valence-electron chi connectivity index (χ0n) is 15.7. The highest BCUT2D eigenvalue weighted by molar-refractivity contribution is 7.20. The molecule has 0 saturated carbocycles. The van der Waals surface area contributed by atoms with Crippen LogP contribution < -0.4 is 10.2 Å². The Morgan fingerprint density at radius 1 is 1.10 bits per heavy atom. The highest BCUT2D eigenvalue weighted by Gasteiger charge is 2.30. The number of benzene rings is 1. The number of nitrogens with one attached hydrogen (secondary N) is 1. The first-order chi connectivity index (χ1) is 13.8. The van der Waals surface area contributed by atoms with Gasteiger partial charge in [-0.15, -0.1) is 11.3 Å². The van der Waals surface area contributed by atoms with Crippen LogP contribution >= 0.6 is 11.3 Å². The number of alkyl halides is 3. The number of piperidine rings is 1. The molecule has 0 bridgehead atoms. The topological polar surface area (TPSA) is 58.1 Å². The Labute approximate surface area is 169 Å². The molecule has 1 aliphatic rings. The summed E-state index contributed by atoms with van der Waals surface area (Å²) in [6, 6.07) is 4.41. The lowest BCUT2D eigenvalue weighted by Crippen LogP contribution is -2.30. The number of hydrogen-bond donors (Lipinski definition) is 1. The number of amides is 1. The van der Waals surface area contributed by atoms with Crippen molar-refractivity contribution >= 4 is 39.0 Å². The molecule has 1 saturated heterocycles. The van der Waals surface area contributed by atoms with Gasteiger partial charge in [0.15, 0.2) is 0 Å². The van der Waals surface area contributed by atoms with E-state index >= 15 is 0 Å². The van der Waals surface area contributed by atoms with Crippen LogP contribution in [0.1, 0.15) is 40.1 Å². The summed E-state index contributed by atoms with van der Waals surface area (Å²) >= 11 is 1.27. The van der Waals surface area contributed by atoms with Gasteiger partial charge in [-0.25, -0.2) is 9.97 Å². The van der Waals surface area contributed by atoms with Crippen LogP contribution in [0.25, 0.3) is 10.2 Å². The fourth-order valence-electron chi connectivity index (χ4n) is 3.55. The van der Waals surface area contributed by atoms with E-state index in [1.54, 1.807) is 0 Å². The van der Waals surface area contributed by atoms with E-state index in [1.165, 1.54) is 36.2 Å². The highest BCUT2D eigenvalue weighted by Crippen LogP contribution is 2.36. The van der Waals surface area contributed by atoms with Crippen molar-refractivity contribution in [3.05, 3.63) is 46.6 Å². The summed E-state index contributed by atoms with van der Waals surface area (Å²) in [7, 11) is 0. The molecule has 9 heteroatoms. The van der Waals surface area contributed by atoms with E-state index in [-0.39, 0.29) is 5.91 Å². The van der Waals surface area contributed by atoms with Gasteiger partial charge in [-0.3, -0.25) is 4.79 Å². The van der Waals surface area contributed by atoms with E-state index in [4.69, 9.17) is 0 Å². The quantitative estimate of drug-likeness (QED) is 0.628. The van der Waals surface area contributed by atoms with Crippen LogP contribution in [-0.2, 0) is 6.18 Å². The van der Waals surface area contributed by atoms with E-state index < -0.39 is 11.7 Å². The number of halogens is 3. The summed E-state index contributed by atoms with van der Waals surface area (Å²) in [5.41, 5.74) is 0.341. The number of aromatic nitrogens is 2. The Balaban J connectivity index is 1.62. The Bertz CT molecular complexity index is 1040. The molecule has 1 aromatic carbocycles. The maximum atomic E-state index is 12.8. The van der Waals surface area contributed by atoms with Crippen molar-refractivity contribution in [2.75, 3.05) is 23.3 Å². The highest BCUT2D eigenvalue weighted by atomic mass is 32.1. The molecule has 2 aromatic heterocycles. The molecule has 3 aromatic rings. The molecule has 1 fully saturated rings. The maximum absolute atomic E-state index is 12.8. The summed E-state index contributed by atoms with van der Waals surface area (Å²) in [5.74, 6) is 0.479. The molecule has 1 aliphatic heterocycles. The molecule has 0 aliphatic carbocycles. The average molecular weight is 420 g/mol. The van der Waals surface area contributed by atoms with Crippen LogP contribution in [-0.4, -0.2) is 29.0 Å². The number of anilines is 2. The van der Waals surface area contributed by atoms with Gasteiger partial charge in [-0.2, -0.15) is 13.2 Å². The second kappa shape index (κ2) is 7.62. The number of hydrogen-bond acceptors (Lipinski definition) is 5. The van der Waals surface area contributed by atoms with E-state index in [0.29, 0.717) is 10.6 Å². The van der Waals surface area contributed by atoms with Crippen molar-refractivity contribution in [3.8, 4) is 0 Å². The monoisotopic (exact) mass is 420 g/mol. The second-order valence-electron chi connectivity index (χ2n) is 7.01. The van der Waals surface area contributed by atoms with Gasteiger partial charge in [-0.1, -0.05) is 0 Å². The Morgan fingerprint density at radius 2 is 1.79 bits per heavy atom. The SMILES string of the molecule is Cc1c(C(=O)Nc2ccc(C(F)(F)F)cc2)sc2ncnc(N3CCCCC3)c12. The third kappa shape index (κ3) is 3.91. The molecule has 152 valence electrons. The average Bonchev–Trinajstić information content (AvgIpc) is 3.05. The van der Waals surface area contributed by atoms with Gasteiger partial charge >= 0.3 is 6.18 Å². The summed E-state index contributed by atoms with van der Waals surface area (Å²) < 4.78 is 38.1. The van der Waals surface area contributed by atoms with Gasteiger partial charge < -0.3 is 10.2 Å². The molecule has 0 spiro atoms. The minimum atomic E-state index is -4.41. The number of nitrogens with zero attached hydrogens (tertiary/aromatic N) is 3. The van der Waals surface area contributed by atoms with E-state index in [0.717, 1.165) is 59.7 Å². The van der Waals surface area contributed by atoms with Gasteiger partial charge in [0, 0.05) is 18.8 Å². The first-order valence-corrected chi connectivity index (χ1v) is 10.1. The van der Waals surface area contributed by atoms with Crippen LogP contribution in [0, 0.1) is 6.92 Å². The third-order valence-electron chi connectivity index (χ3n) is 5.04. The number of fused-ring (bicyclic) bond motifs is 1. The molecule has 0 unspecified atom stereocenters. The zero-order chi connectivity index (χ0) is 20.6. The van der Waals surface area contributed by atoms with Gasteiger partial charge in [-0.05, 0) is 56.0 Å². The normalized spacial score (nSPS) is 15.0. The molecule has 29 heavy (non-hydrogen) atoms. The second-order valence-corrected chi connectivity index (χ2v) is 8.01. The minimum absolute atomic E-state index is 0.308. The Morgan fingerprint density at radius 3 is 2.45 bits per heavy atom. The first kappa shape index (κ1) is 19.6. The molecule has 3 heterocycles. The van der Waals surface area contributed by atoms with Crippen LogP contribution in [0.2, 0.25) is 0 Å². The molecular weight excluding hydrogens is 401 g/mol. The van der Waals surface area contributed by atoms with Gasteiger partial charge in [0.25, 0.3) is 5.91 Å².